The van der Waals surface area contributed by atoms with Crippen molar-refractivity contribution in [1.29, 1.82) is 0 Å². The second-order valence-electron chi connectivity index (χ2n) is 4.86. The zero-order chi connectivity index (χ0) is 14.8. The van der Waals surface area contributed by atoms with Gasteiger partial charge in [-0.2, -0.15) is 0 Å². The Labute approximate surface area is 121 Å². The molecule has 0 radical (unpaired) electrons. The minimum absolute atomic E-state index is 0.166. The van der Waals surface area contributed by atoms with Crippen molar-refractivity contribution in [3.05, 3.63) is 29.8 Å². The first-order valence-corrected chi connectivity index (χ1v) is 7.34. The number of hydrogen-bond donors (Lipinski definition) is 2. The maximum Gasteiger partial charge on any atom is 0.125 e. The van der Waals surface area contributed by atoms with E-state index >= 15 is 0 Å². The van der Waals surface area contributed by atoms with Crippen LogP contribution in [-0.4, -0.2) is 36.1 Å². The zero-order valence-corrected chi connectivity index (χ0v) is 12.4. The predicted molar refractivity (Wildman–Crippen MR) is 78.9 cm³/mol. The smallest absolute Gasteiger partial charge is 0.125 e. The van der Waals surface area contributed by atoms with Crippen LogP contribution in [0.3, 0.4) is 0 Å². The fourth-order valence-corrected chi connectivity index (χ4v) is 1.81. The molecular formula is C16H26O4. The Hall–Kier alpha value is -1.10. The molecule has 2 N–H and O–H groups in total. The van der Waals surface area contributed by atoms with E-state index in [2.05, 4.69) is 6.92 Å². The largest absolute Gasteiger partial charge is 0.490 e. The summed E-state index contributed by atoms with van der Waals surface area (Å²) >= 11 is 0. The number of benzene rings is 1. The highest BCUT2D eigenvalue weighted by atomic mass is 16.5. The van der Waals surface area contributed by atoms with Crippen LogP contribution in [0.5, 0.6) is 5.75 Å². The highest BCUT2D eigenvalue weighted by Gasteiger charge is 2.12. The first-order valence-electron chi connectivity index (χ1n) is 7.34. The maximum atomic E-state index is 9.91. The summed E-state index contributed by atoms with van der Waals surface area (Å²) in [6.07, 6.45) is 1.51. The van der Waals surface area contributed by atoms with Gasteiger partial charge in [0.1, 0.15) is 18.5 Å². The molecule has 0 fully saturated rings. The number of aliphatic hydroxyl groups excluding tert-OH is 2. The Morgan fingerprint density at radius 1 is 1.10 bits per heavy atom. The average Bonchev–Trinajstić information content (AvgIpc) is 2.49. The number of hydrogen-bond acceptors (Lipinski definition) is 4. The van der Waals surface area contributed by atoms with Crippen molar-refractivity contribution in [1.82, 2.24) is 0 Å². The van der Waals surface area contributed by atoms with E-state index < -0.39 is 12.2 Å². The SMILES string of the molecule is CCCCOCC(O)COc1ccccc1[C@H](O)CC. The third-order valence-electron chi connectivity index (χ3n) is 3.05. The number of para-hydroxylation sites is 1. The third kappa shape index (κ3) is 5.90. The van der Waals surface area contributed by atoms with E-state index in [0.717, 1.165) is 18.4 Å². The van der Waals surface area contributed by atoms with Crippen molar-refractivity contribution in [3.63, 3.8) is 0 Å². The van der Waals surface area contributed by atoms with Crippen LogP contribution in [0.4, 0.5) is 0 Å². The van der Waals surface area contributed by atoms with Gasteiger partial charge in [0, 0.05) is 12.2 Å². The highest BCUT2D eigenvalue weighted by Crippen LogP contribution is 2.26. The molecule has 4 nitrogen and oxygen atoms in total. The molecule has 1 aromatic rings. The molecule has 1 unspecified atom stereocenters. The highest BCUT2D eigenvalue weighted by molar-refractivity contribution is 5.35. The molecule has 0 spiro atoms. The summed E-state index contributed by atoms with van der Waals surface area (Å²) in [5, 5.41) is 19.7. The molecule has 0 aliphatic carbocycles. The molecule has 20 heavy (non-hydrogen) atoms. The first kappa shape index (κ1) is 17.0. The Kier molecular flexibility index (Phi) is 8.26. The third-order valence-corrected chi connectivity index (χ3v) is 3.05. The van der Waals surface area contributed by atoms with Gasteiger partial charge >= 0.3 is 0 Å². The second-order valence-corrected chi connectivity index (χ2v) is 4.86. The van der Waals surface area contributed by atoms with E-state index in [1.165, 1.54) is 0 Å². The summed E-state index contributed by atoms with van der Waals surface area (Å²) in [5.74, 6) is 0.620. The van der Waals surface area contributed by atoms with E-state index in [-0.39, 0.29) is 13.2 Å². The lowest BCUT2D eigenvalue weighted by atomic mass is 10.1. The molecule has 1 aromatic carbocycles. The van der Waals surface area contributed by atoms with Crippen LogP contribution in [0.2, 0.25) is 0 Å². The van der Waals surface area contributed by atoms with Gasteiger partial charge in [-0.1, -0.05) is 38.5 Å². The summed E-state index contributed by atoms with van der Waals surface area (Å²) in [6, 6.07) is 7.36. The molecule has 0 aliphatic heterocycles. The van der Waals surface area contributed by atoms with Crippen LogP contribution in [0.15, 0.2) is 24.3 Å². The molecule has 2 atom stereocenters. The fourth-order valence-electron chi connectivity index (χ4n) is 1.81. The number of unbranched alkanes of at least 4 members (excludes halogenated alkanes) is 1. The van der Waals surface area contributed by atoms with Crippen LogP contribution in [0, 0.1) is 0 Å². The van der Waals surface area contributed by atoms with E-state index in [4.69, 9.17) is 9.47 Å². The van der Waals surface area contributed by atoms with Crippen LogP contribution in [0.1, 0.15) is 44.8 Å². The van der Waals surface area contributed by atoms with Crippen LogP contribution in [-0.2, 0) is 4.74 Å². The molecule has 4 heteroatoms. The van der Waals surface area contributed by atoms with Gasteiger partial charge in [0.2, 0.25) is 0 Å². The molecule has 0 amide bonds. The molecule has 0 saturated carbocycles. The first-order chi connectivity index (χ1) is 9.69. The topological polar surface area (TPSA) is 58.9 Å². The number of rotatable bonds is 10. The summed E-state index contributed by atoms with van der Waals surface area (Å²) in [6.45, 7) is 5.12. The van der Waals surface area contributed by atoms with Crippen molar-refractivity contribution in [2.45, 2.75) is 45.3 Å². The maximum absolute atomic E-state index is 9.91. The Morgan fingerprint density at radius 3 is 2.55 bits per heavy atom. The van der Waals surface area contributed by atoms with E-state index in [9.17, 15) is 10.2 Å². The average molecular weight is 282 g/mol. The van der Waals surface area contributed by atoms with Gasteiger partial charge in [0.25, 0.3) is 0 Å². The van der Waals surface area contributed by atoms with Gasteiger partial charge in [-0.25, -0.2) is 0 Å². The monoisotopic (exact) mass is 282 g/mol. The lowest BCUT2D eigenvalue weighted by Crippen LogP contribution is -2.24. The van der Waals surface area contributed by atoms with E-state index in [1.54, 1.807) is 6.07 Å². The molecular weight excluding hydrogens is 256 g/mol. The minimum Gasteiger partial charge on any atom is -0.490 e. The van der Waals surface area contributed by atoms with Crippen molar-refractivity contribution >= 4 is 0 Å². The Bertz CT molecular complexity index is 367. The molecule has 0 bridgehead atoms. The summed E-state index contributed by atoms with van der Waals surface area (Å²) < 4.78 is 10.9. The minimum atomic E-state index is -0.654. The number of ether oxygens (including phenoxy) is 2. The van der Waals surface area contributed by atoms with Crippen molar-refractivity contribution < 1.29 is 19.7 Å². The van der Waals surface area contributed by atoms with Crippen molar-refractivity contribution in [2.24, 2.45) is 0 Å². The molecule has 0 aliphatic rings. The summed E-state index contributed by atoms with van der Waals surface area (Å²) in [7, 11) is 0. The Balaban J connectivity index is 2.41. The van der Waals surface area contributed by atoms with Gasteiger partial charge < -0.3 is 19.7 Å². The molecule has 114 valence electrons. The van der Waals surface area contributed by atoms with Crippen LogP contribution >= 0.6 is 0 Å². The predicted octanol–water partition coefficient (Wildman–Crippen LogP) is 2.69. The lowest BCUT2D eigenvalue weighted by molar-refractivity contribution is 0.0106. The van der Waals surface area contributed by atoms with E-state index in [1.807, 2.05) is 25.1 Å². The second kappa shape index (κ2) is 9.75. The standard InChI is InChI=1S/C16H26O4/c1-3-5-10-19-11-13(17)12-20-16-9-7-6-8-14(16)15(18)4-2/h6-9,13,15,17-18H,3-5,10-12H2,1-2H3/t13?,15-/m1/s1. The Morgan fingerprint density at radius 2 is 1.85 bits per heavy atom. The quantitative estimate of drug-likeness (QED) is 0.648. The van der Waals surface area contributed by atoms with Crippen LogP contribution < -0.4 is 4.74 Å². The molecule has 0 heterocycles. The van der Waals surface area contributed by atoms with Crippen LogP contribution in [0.25, 0.3) is 0 Å². The zero-order valence-electron chi connectivity index (χ0n) is 12.4. The summed E-state index contributed by atoms with van der Waals surface area (Å²) in [5.41, 5.74) is 0.758. The summed E-state index contributed by atoms with van der Waals surface area (Å²) in [4.78, 5) is 0. The van der Waals surface area contributed by atoms with Gasteiger partial charge in [-0.15, -0.1) is 0 Å². The van der Waals surface area contributed by atoms with Gasteiger partial charge in [0.15, 0.2) is 0 Å². The van der Waals surface area contributed by atoms with Gasteiger partial charge in [-0.05, 0) is 18.9 Å². The molecule has 0 aromatic heterocycles. The van der Waals surface area contributed by atoms with Crippen molar-refractivity contribution in [3.8, 4) is 5.75 Å². The molecule has 0 saturated heterocycles. The molecule has 1 rings (SSSR count). The van der Waals surface area contributed by atoms with Gasteiger partial charge in [-0.3, -0.25) is 0 Å². The number of aliphatic hydroxyl groups is 2. The normalized spacial score (nSPS) is 14.0. The fraction of sp³-hybridized carbons (Fsp3) is 0.625. The van der Waals surface area contributed by atoms with Crippen molar-refractivity contribution in [2.75, 3.05) is 19.8 Å². The lowest BCUT2D eigenvalue weighted by Gasteiger charge is -2.17. The van der Waals surface area contributed by atoms with E-state index in [0.29, 0.717) is 18.8 Å². The van der Waals surface area contributed by atoms with Gasteiger partial charge in [0.05, 0.1) is 12.7 Å².